The zero-order chi connectivity index (χ0) is 19.4. The molecule has 27 heavy (non-hydrogen) atoms. The van der Waals surface area contributed by atoms with Crippen LogP contribution in [0.25, 0.3) is 22.4 Å². The van der Waals surface area contributed by atoms with Gasteiger partial charge in [-0.25, -0.2) is 14.8 Å². The van der Waals surface area contributed by atoms with Crippen molar-refractivity contribution in [1.82, 2.24) is 30.0 Å². The third-order valence-corrected chi connectivity index (χ3v) is 3.60. The third-order valence-electron chi connectivity index (χ3n) is 3.60. The molecule has 3 rings (SSSR count). The molecule has 9 heteroatoms. The molecule has 142 valence electrons. The summed E-state index contributed by atoms with van der Waals surface area (Å²) in [6, 6.07) is 3.73. The Morgan fingerprint density at radius 1 is 1.22 bits per heavy atom. The normalized spacial score (nSPS) is 11.4. The minimum absolute atomic E-state index is 0.409. The first-order valence-corrected chi connectivity index (χ1v) is 8.65. The van der Waals surface area contributed by atoms with Gasteiger partial charge in [0.15, 0.2) is 5.65 Å². The van der Waals surface area contributed by atoms with Gasteiger partial charge in [-0.05, 0) is 32.9 Å². The van der Waals surface area contributed by atoms with Gasteiger partial charge in [0.25, 0.3) is 0 Å². The van der Waals surface area contributed by atoms with Crippen molar-refractivity contribution in [2.75, 3.05) is 18.9 Å². The molecule has 0 aromatic carbocycles. The summed E-state index contributed by atoms with van der Waals surface area (Å²) in [5.74, 6) is 0.734. The van der Waals surface area contributed by atoms with Crippen LogP contribution in [0.4, 0.5) is 10.6 Å². The molecular formula is C18H23N7O2. The second-order valence-corrected chi connectivity index (χ2v) is 6.97. The molecule has 3 aromatic heterocycles. The molecule has 0 saturated heterocycles. The maximum Gasteiger partial charge on any atom is 0.407 e. The first-order chi connectivity index (χ1) is 12.8. The van der Waals surface area contributed by atoms with Crippen molar-refractivity contribution < 1.29 is 9.53 Å². The standard InChI is InChI=1S/C18H23N7O2/c1-18(2,3)27-17(26)20-7-8-25-11-12(9-22-25)14-10-21-13-5-6-15(19-4)24-16(13)23-14/h5-6,9-11H,7-8H2,1-4H3,(H,20,26)(H,19,23,24). The van der Waals surface area contributed by atoms with Crippen LogP contribution >= 0.6 is 0 Å². The number of carbonyl (C=O) groups is 1. The Labute approximate surface area is 157 Å². The summed E-state index contributed by atoms with van der Waals surface area (Å²) in [5.41, 5.74) is 2.30. The quantitative estimate of drug-likeness (QED) is 0.711. The summed E-state index contributed by atoms with van der Waals surface area (Å²) in [5, 5.41) is 10.00. The number of rotatable bonds is 5. The molecule has 3 aromatic rings. The Hall–Kier alpha value is -3.23. The largest absolute Gasteiger partial charge is 0.444 e. The van der Waals surface area contributed by atoms with E-state index in [0.29, 0.717) is 24.4 Å². The van der Waals surface area contributed by atoms with Crippen LogP contribution in [0.1, 0.15) is 20.8 Å². The number of nitrogens with one attached hydrogen (secondary N) is 2. The average Bonchev–Trinajstić information content (AvgIpc) is 3.08. The van der Waals surface area contributed by atoms with E-state index < -0.39 is 11.7 Å². The highest BCUT2D eigenvalue weighted by molar-refractivity contribution is 5.74. The van der Waals surface area contributed by atoms with Crippen LogP contribution < -0.4 is 10.6 Å². The highest BCUT2D eigenvalue weighted by atomic mass is 16.6. The van der Waals surface area contributed by atoms with E-state index in [1.165, 1.54) is 0 Å². The number of nitrogens with zero attached hydrogens (tertiary/aromatic N) is 5. The smallest absolute Gasteiger partial charge is 0.407 e. The Kier molecular flexibility index (Phi) is 5.20. The fraction of sp³-hybridized carbons (Fsp3) is 0.389. The predicted octanol–water partition coefficient (Wildman–Crippen LogP) is 2.45. The van der Waals surface area contributed by atoms with Gasteiger partial charge in [-0.15, -0.1) is 0 Å². The Balaban J connectivity index is 1.65. The SMILES string of the molecule is CNc1ccc2ncc(-c3cnn(CCNC(=O)OC(C)(C)C)c3)nc2n1. The van der Waals surface area contributed by atoms with Crippen LogP contribution in [-0.2, 0) is 11.3 Å². The van der Waals surface area contributed by atoms with Crippen molar-refractivity contribution in [3.63, 3.8) is 0 Å². The van der Waals surface area contributed by atoms with Crippen molar-refractivity contribution in [2.24, 2.45) is 0 Å². The lowest BCUT2D eigenvalue weighted by Crippen LogP contribution is -2.34. The van der Waals surface area contributed by atoms with Gasteiger partial charge < -0.3 is 15.4 Å². The van der Waals surface area contributed by atoms with Crippen LogP contribution in [-0.4, -0.2) is 50.0 Å². The number of amides is 1. The first-order valence-electron chi connectivity index (χ1n) is 8.65. The molecule has 3 heterocycles. The molecule has 9 nitrogen and oxygen atoms in total. The summed E-state index contributed by atoms with van der Waals surface area (Å²) >= 11 is 0. The van der Waals surface area contributed by atoms with Crippen molar-refractivity contribution in [2.45, 2.75) is 32.9 Å². The number of carbonyl (C=O) groups excluding carboxylic acids is 1. The molecule has 1 amide bonds. The number of hydrogen-bond acceptors (Lipinski definition) is 7. The molecule has 0 aliphatic heterocycles. The summed E-state index contributed by atoms with van der Waals surface area (Å²) in [6.45, 7) is 6.40. The maximum absolute atomic E-state index is 11.7. The molecule has 0 fully saturated rings. The monoisotopic (exact) mass is 369 g/mol. The van der Waals surface area contributed by atoms with E-state index >= 15 is 0 Å². The van der Waals surface area contributed by atoms with E-state index in [1.54, 1.807) is 24.1 Å². The third kappa shape index (κ3) is 4.90. The minimum atomic E-state index is -0.515. The zero-order valence-electron chi connectivity index (χ0n) is 15.9. The van der Waals surface area contributed by atoms with E-state index in [-0.39, 0.29) is 0 Å². The van der Waals surface area contributed by atoms with Gasteiger partial charge in [-0.2, -0.15) is 5.10 Å². The number of fused-ring (bicyclic) bond motifs is 1. The maximum atomic E-state index is 11.7. The van der Waals surface area contributed by atoms with E-state index in [4.69, 9.17) is 4.74 Å². The van der Waals surface area contributed by atoms with Crippen molar-refractivity contribution in [3.8, 4) is 11.3 Å². The van der Waals surface area contributed by atoms with Crippen molar-refractivity contribution in [1.29, 1.82) is 0 Å². The molecule has 0 aliphatic carbocycles. The number of anilines is 1. The van der Waals surface area contributed by atoms with Gasteiger partial charge in [0.05, 0.1) is 24.6 Å². The highest BCUT2D eigenvalue weighted by Gasteiger charge is 2.15. The molecule has 0 radical (unpaired) electrons. The number of pyridine rings is 1. The highest BCUT2D eigenvalue weighted by Crippen LogP contribution is 2.18. The average molecular weight is 369 g/mol. The number of aromatic nitrogens is 5. The second kappa shape index (κ2) is 7.56. The fourth-order valence-corrected chi connectivity index (χ4v) is 2.38. The van der Waals surface area contributed by atoms with E-state index in [9.17, 15) is 4.79 Å². The molecule has 2 N–H and O–H groups in total. The van der Waals surface area contributed by atoms with Crippen LogP contribution in [0, 0.1) is 0 Å². The van der Waals surface area contributed by atoms with Gasteiger partial charge in [-0.1, -0.05) is 0 Å². The van der Waals surface area contributed by atoms with Gasteiger partial charge in [-0.3, -0.25) is 9.67 Å². The van der Waals surface area contributed by atoms with Crippen LogP contribution in [0.2, 0.25) is 0 Å². The molecule has 0 aliphatic rings. The second-order valence-electron chi connectivity index (χ2n) is 6.97. The van der Waals surface area contributed by atoms with Crippen LogP contribution in [0.5, 0.6) is 0 Å². The lowest BCUT2D eigenvalue weighted by Gasteiger charge is -2.19. The van der Waals surface area contributed by atoms with Gasteiger partial charge in [0, 0.05) is 25.4 Å². The molecule has 0 atom stereocenters. The van der Waals surface area contributed by atoms with Crippen molar-refractivity contribution in [3.05, 3.63) is 30.7 Å². The summed E-state index contributed by atoms with van der Waals surface area (Å²) < 4.78 is 6.93. The van der Waals surface area contributed by atoms with E-state index in [2.05, 4.69) is 30.7 Å². The van der Waals surface area contributed by atoms with Gasteiger partial charge in [0.2, 0.25) is 0 Å². The number of alkyl carbamates (subject to hydrolysis) is 1. The molecule has 0 bridgehead atoms. The molecular weight excluding hydrogens is 346 g/mol. The lowest BCUT2D eigenvalue weighted by atomic mass is 10.2. The first kappa shape index (κ1) is 18.6. The topological polar surface area (TPSA) is 107 Å². The van der Waals surface area contributed by atoms with E-state index in [1.807, 2.05) is 39.1 Å². The minimum Gasteiger partial charge on any atom is -0.444 e. The van der Waals surface area contributed by atoms with Gasteiger partial charge in [0.1, 0.15) is 16.9 Å². The van der Waals surface area contributed by atoms with Crippen molar-refractivity contribution >= 4 is 23.1 Å². The van der Waals surface area contributed by atoms with Gasteiger partial charge >= 0.3 is 6.09 Å². The van der Waals surface area contributed by atoms with E-state index in [0.717, 1.165) is 16.9 Å². The number of ether oxygens (including phenoxy) is 1. The Bertz CT molecular complexity index is 946. The number of hydrogen-bond donors (Lipinski definition) is 2. The predicted molar refractivity (Wildman–Crippen MR) is 102 cm³/mol. The lowest BCUT2D eigenvalue weighted by molar-refractivity contribution is 0.0525. The molecule has 0 unspecified atom stereocenters. The summed E-state index contributed by atoms with van der Waals surface area (Å²) in [7, 11) is 1.81. The molecule has 0 saturated carbocycles. The van der Waals surface area contributed by atoms with Crippen LogP contribution in [0.15, 0.2) is 30.7 Å². The Morgan fingerprint density at radius 3 is 2.78 bits per heavy atom. The molecule has 0 spiro atoms. The van der Waals surface area contributed by atoms with Crippen LogP contribution in [0.3, 0.4) is 0 Å². The summed E-state index contributed by atoms with van der Waals surface area (Å²) in [4.78, 5) is 25.0. The Morgan fingerprint density at radius 2 is 2.04 bits per heavy atom. The zero-order valence-corrected chi connectivity index (χ0v) is 15.9. The fourth-order valence-electron chi connectivity index (χ4n) is 2.38. The summed E-state index contributed by atoms with van der Waals surface area (Å²) in [6.07, 6.45) is 4.82.